The second kappa shape index (κ2) is 8.72. The van der Waals surface area contributed by atoms with Crippen molar-refractivity contribution in [3.63, 3.8) is 0 Å². The zero-order valence-electron chi connectivity index (χ0n) is 13.6. The first-order chi connectivity index (χ1) is 10.9. The van der Waals surface area contributed by atoms with Crippen LogP contribution in [0.15, 0.2) is 23.2 Å². The van der Waals surface area contributed by atoms with Gasteiger partial charge >= 0.3 is 5.97 Å². The number of carbonyl (C=O) groups is 1. The molecule has 0 bridgehead atoms. The van der Waals surface area contributed by atoms with Crippen LogP contribution in [0.5, 0.6) is 0 Å². The van der Waals surface area contributed by atoms with Crippen LogP contribution >= 0.6 is 12.4 Å². The quantitative estimate of drug-likeness (QED) is 0.658. The van der Waals surface area contributed by atoms with E-state index in [2.05, 4.69) is 19.8 Å². The fraction of sp³-hybridized carbons (Fsp3) is 0.571. The average molecular weight is 380 g/mol. The highest BCUT2D eigenvalue weighted by atomic mass is 35.5. The third kappa shape index (κ3) is 4.87. The normalized spacial score (nSPS) is 20.4. The smallest absolute Gasteiger partial charge is 0.356 e. The number of aromatic nitrogens is 1. The van der Waals surface area contributed by atoms with Crippen molar-refractivity contribution in [2.75, 3.05) is 33.9 Å². The van der Waals surface area contributed by atoms with Crippen molar-refractivity contribution in [2.45, 2.75) is 23.3 Å². The van der Waals surface area contributed by atoms with Gasteiger partial charge in [-0.15, -0.1) is 12.4 Å². The number of nitrogens with zero attached hydrogens (tertiary/aromatic N) is 1. The van der Waals surface area contributed by atoms with Gasteiger partial charge in [0.2, 0.25) is 10.0 Å². The van der Waals surface area contributed by atoms with E-state index in [1.165, 1.54) is 19.2 Å². The molecule has 0 radical (unpaired) electrons. The van der Waals surface area contributed by atoms with Gasteiger partial charge in [0.1, 0.15) is 10.6 Å². The number of nitrogens with one attached hydrogen (secondary N) is 2. The summed E-state index contributed by atoms with van der Waals surface area (Å²) < 4.78 is 37.0. The lowest BCUT2D eigenvalue weighted by molar-refractivity contribution is 0.0594. The Kier molecular flexibility index (Phi) is 7.56. The van der Waals surface area contributed by atoms with E-state index in [1.54, 1.807) is 7.11 Å². The average Bonchev–Trinajstić information content (AvgIpc) is 3.02. The summed E-state index contributed by atoms with van der Waals surface area (Å²) in [6.45, 7) is 1.48. The third-order valence-corrected chi connectivity index (χ3v) is 5.18. The molecule has 1 fully saturated rings. The molecule has 24 heavy (non-hydrogen) atoms. The minimum absolute atomic E-state index is 0. The van der Waals surface area contributed by atoms with Gasteiger partial charge in [0, 0.05) is 19.9 Å². The molecule has 10 heteroatoms. The number of hydrogen-bond acceptors (Lipinski definition) is 7. The molecular weight excluding hydrogens is 358 g/mol. The van der Waals surface area contributed by atoms with Crippen LogP contribution in [0.3, 0.4) is 0 Å². The zero-order valence-corrected chi connectivity index (χ0v) is 15.2. The Morgan fingerprint density at radius 3 is 2.67 bits per heavy atom. The van der Waals surface area contributed by atoms with Gasteiger partial charge in [-0.2, -0.15) is 0 Å². The van der Waals surface area contributed by atoms with Gasteiger partial charge in [-0.25, -0.2) is 22.9 Å². The number of ether oxygens (including phenoxy) is 2. The van der Waals surface area contributed by atoms with E-state index in [1.807, 2.05) is 0 Å². The summed E-state index contributed by atoms with van der Waals surface area (Å²) >= 11 is 0. The first-order valence-electron chi connectivity index (χ1n) is 7.20. The molecule has 0 aliphatic carbocycles. The van der Waals surface area contributed by atoms with Crippen LogP contribution in [0, 0.1) is 0 Å². The molecule has 1 aliphatic heterocycles. The Bertz CT molecular complexity index is 645. The number of halogens is 1. The first-order valence-corrected chi connectivity index (χ1v) is 8.69. The van der Waals surface area contributed by atoms with Crippen molar-refractivity contribution in [1.29, 1.82) is 0 Å². The van der Waals surface area contributed by atoms with Gasteiger partial charge < -0.3 is 14.8 Å². The monoisotopic (exact) mass is 379 g/mol. The van der Waals surface area contributed by atoms with Gasteiger partial charge in [-0.3, -0.25) is 0 Å². The summed E-state index contributed by atoms with van der Waals surface area (Å²) in [7, 11) is -0.888. The number of sulfonamides is 1. The summed E-state index contributed by atoms with van der Waals surface area (Å²) in [6, 6.07) is 2.64. The van der Waals surface area contributed by atoms with E-state index < -0.39 is 16.0 Å². The SMILES string of the molecule is COCC1(CNS(=O)(=O)c2ccc(C(=O)OC)nc2)CCCN1.Cl. The van der Waals surface area contributed by atoms with Crippen molar-refractivity contribution < 1.29 is 22.7 Å². The van der Waals surface area contributed by atoms with Crippen LogP contribution in [0.1, 0.15) is 23.3 Å². The zero-order chi connectivity index (χ0) is 16.9. The lowest BCUT2D eigenvalue weighted by atomic mass is 9.99. The standard InChI is InChI=1S/C14H21N3O5S.ClH/c1-21-10-14(6-3-7-16-14)9-17-23(19,20)11-4-5-12(15-8-11)13(18)22-2;/h4-5,8,16-17H,3,6-7,9-10H2,1-2H3;1H. The van der Waals surface area contributed by atoms with Gasteiger partial charge in [0.15, 0.2) is 0 Å². The lowest BCUT2D eigenvalue weighted by Gasteiger charge is -2.28. The van der Waals surface area contributed by atoms with Crippen molar-refractivity contribution in [3.05, 3.63) is 24.0 Å². The van der Waals surface area contributed by atoms with Gasteiger partial charge in [0.25, 0.3) is 0 Å². The maximum Gasteiger partial charge on any atom is 0.356 e. The maximum absolute atomic E-state index is 12.4. The van der Waals surface area contributed by atoms with Crippen molar-refractivity contribution in [3.8, 4) is 0 Å². The lowest BCUT2D eigenvalue weighted by Crippen LogP contribution is -2.52. The summed E-state index contributed by atoms with van der Waals surface area (Å²) in [5.41, 5.74) is -0.332. The molecule has 2 N–H and O–H groups in total. The first kappa shape index (κ1) is 20.8. The Balaban J connectivity index is 0.00000288. The van der Waals surface area contributed by atoms with E-state index in [0.717, 1.165) is 25.6 Å². The van der Waals surface area contributed by atoms with Crippen molar-refractivity contribution in [2.24, 2.45) is 0 Å². The summed E-state index contributed by atoms with van der Waals surface area (Å²) in [5.74, 6) is -0.615. The number of hydrogen-bond donors (Lipinski definition) is 2. The van der Waals surface area contributed by atoms with Gasteiger partial charge in [-0.1, -0.05) is 0 Å². The number of esters is 1. The Labute approximate surface area is 147 Å². The number of methoxy groups -OCH3 is 2. The molecule has 1 saturated heterocycles. The minimum Gasteiger partial charge on any atom is -0.464 e. The summed E-state index contributed by atoms with van der Waals surface area (Å²) in [6.07, 6.45) is 2.95. The van der Waals surface area contributed by atoms with Crippen LogP contribution in [-0.4, -0.2) is 58.8 Å². The highest BCUT2D eigenvalue weighted by Crippen LogP contribution is 2.20. The predicted octanol–water partition coefficient (Wildman–Crippen LogP) is 0.337. The molecule has 136 valence electrons. The van der Waals surface area contributed by atoms with Crippen LogP contribution < -0.4 is 10.0 Å². The predicted molar refractivity (Wildman–Crippen MR) is 89.9 cm³/mol. The fourth-order valence-corrected chi connectivity index (χ4v) is 3.62. The summed E-state index contributed by atoms with van der Waals surface area (Å²) in [5, 5.41) is 3.30. The highest BCUT2D eigenvalue weighted by molar-refractivity contribution is 7.89. The number of pyridine rings is 1. The van der Waals surface area contributed by atoms with Gasteiger partial charge in [0.05, 0.1) is 19.3 Å². The van der Waals surface area contributed by atoms with Crippen LogP contribution in [0.4, 0.5) is 0 Å². The molecule has 0 aromatic carbocycles. The van der Waals surface area contributed by atoms with Crippen LogP contribution in [0.2, 0.25) is 0 Å². The minimum atomic E-state index is -3.71. The molecule has 1 aromatic rings. The van der Waals surface area contributed by atoms with E-state index in [4.69, 9.17) is 4.74 Å². The molecule has 1 aromatic heterocycles. The summed E-state index contributed by atoms with van der Waals surface area (Å²) in [4.78, 5) is 15.1. The maximum atomic E-state index is 12.4. The van der Waals surface area contributed by atoms with E-state index in [9.17, 15) is 13.2 Å². The molecule has 8 nitrogen and oxygen atoms in total. The second-order valence-electron chi connectivity index (χ2n) is 5.44. The van der Waals surface area contributed by atoms with Crippen LogP contribution in [-0.2, 0) is 19.5 Å². The van der Waals surface area contributed by atoms with Crippen LogP contribution in [0.25, 0.3) is 0 Å². The molecule has 2 heterocycles. The van der Waals surface area contributed by atoms with Gasteiger partial charge in [-0.05, 0) is 31.5 Å². The Morgan fingerprint density at radius 1 is 1.42 bits per heavy atom. The largest absolute Gasteiger partial charge is 0.464 e. The highest BCUT2D eigenvalue weighted by Gasteiger charge is 2.34. The van der Waals surface area contributed by atoms with Crippen molar-refractivity contribution >= 4 is 28.4 Å². The van der Waals surface area contributed by atoms with E-state index in [0.29, 0.717) is 6.61 Å². The van der Waals surface area contributed by atoms with E-state index in [-0.39, 0.29) is 35.1 Å². The molecule has 2 rings (SSSR count). The van der Waals surface area contributed by atoms with E-state index >= 15 is 0 Å². The molecule has 1 unspecified atom stereocenters. The molecule has 0 saturated carbocycles. The number of carbonyl (C=O) groups excluding carboxylic acids is 1. The molecular formula is C14H22ClN3O5S. The molecule has 1 atom stereocenters. The molecule has 1 aliphatic rings. The van der Waals surface area contributed by atoms with Crippen molar-refractivity contribution in [1.82, 2.24) is 15.0 Å². The fourth-order valence-electron chi connectivity index (χ4n) is 2.55. The third-order valence-electron chi connectivity index (χ3n) is 3.79. The Morgan fingerprint density at radius 2 is 2.17 bits per heavy atom. The molecule has 0 spiro atoms. The topological polar surface area (TPSA) is 107 Å². The second-order valence-corrected chi connectivity index (χ2v) is 7.21. The Hall–Kier alpha value is -1.26. The molecule has 0 amide bonds. The number of rotatable bonds is 7.